The van der Waals surface area contributed by atoms with E-state index in [1.165, 1.54) is 22.4 Å². The highest BCUT2D eigenvalue weighted by atomic mass is 16.3. The third kappa shape index (κ3) is 3.03. The van der Waals surface area contributed by atoms with E-state index < -0.39 is 0 Å². The molecule has 0 atom stereocenters. The lowest BCUT2D eigenvalue weighted by molar-refractivity contribution is 0.475. The van der Waals surface area contributed by atoms with Crippen LogP contribution >= 0.6 is 0 Å². The Morgan fingerprint density at radius 2 is 1.73 bits per heavy atom. The second-order valence-electron chi connectivity index (χ2n) is 7.60. The molecule has 0 bridgehead atoms. The number of nitrogens with zero attached hydrogens (tertiary/aromatic N) is 3. The van der Waals surface area contributed by atoms with E-state index in [1.54, 1.807) is 12.1 Å². The Hall–Kier alpha value is -3.60. The lowest BCUT2D eigenvalue weighted by Crippen LogP contribution is -2.21. The van der Waals surface area contributed by atoms with Gasteiger partial charge in [0.25, 0.3) is 0 Å². The summed E-state index contributed by atoms with van der Waals surface area (Å²) in [7, 11) is 0. The molecule has 0 radical (unpaired) electrons. The van der Waals surface area contributed by atoms with Crippen LogP contribution in [0, 0.1) is 0 Å². The third-order valence-corrected chi connectivity index (χ3v) is 5.92. The number of nitrogens with one attached hydrogen (secondary N) is 1. The van der Waals surface area contributed by atoms with Crippen molar-refractivity contribution in [1.29, 1.82) is 0 Å². The van der Waals surface area contributed by atoms with Gasteiger partial charge >= 0.3 is 0 Å². The highest BCUT2D eigenvalue weighted by Crippen LogP contribution is 2.41. The number of benzene rings is 2. The van der Waals surface area contributed by atoms with Gasteiger partial charge in [-0.15, -0.1) is 0 Å². The van der Waals surface area contributed by atoms with Crippen LogP contribution in [-0.2, 0) is 6.42 Å². The first kappa shape index (κ1) is 18.4. The first-order valence-electron chi connectivity index (χ1n) is 10.4. The van der Waals surface area contributed by atoms with Gasteiger partial charge in [0.2, 0.25) is 0 Å². The molecule has 5 heteroatoms. The molecule has 0 fully saturated rings. The standard InChI is InChI=1S/C25H24N4O/c1-3-29(4-2)19-8-11-21-18(13-19)14-22-24(27-28-25(21)22)17-7-12-23(26-15-17)16-5-9-20(30)10-6-16/h5-13,15,30H,3-4,14H2,1-2H3,(H,27,28). The van der Waals surface area contributed by atoms with E-state index in [1.807, 2.05) is 24.4 Å². The maximum absolute atomic E-state index is 9.48. The van der Waals surface area contributed by atoms with Gasteiger partial charge in [-0.05, 0) is 67.9 Å². The third-order valence-electron chi connectivity index (χ3n) is 5.92. The van der Waals surface area contributed by atoms with Crippen molar-refractivity contribution in [1.82, 2.24) is 15.2 Å². The van der Waals surface area contributed by atoms with Gasteiger partial charge in [0.05, 0.1) is 17.1 Å². The van der Waals surface area contributed by atoms with Crippen LogP contribution in [0.3, 0.4) is 0 Å². The van der Waals surface area contributed by atoms with Crippen molar-refractivity contribution in [3.05, 3.63) is 71.9 Å². The number of aromatic nitrogens is 3. The van der Waals surface area contributed by atoms with E-state index >= 15 is 0 Å². The molecule has 1 aliphatic carbocycles. The Balaban J connectivity index is 1.45. The fourth-order valence-electron chi connectivity index (χ4n) is 4.28. The molecule has 0 aliphatic heterocycles. The average Bonchev–Trinajstić information content (AvgIpc) is 3.34. The molecule has 5 rings (SSSR count). The fourth-order valence-corrected chi connectivity index (χ4v) is 4.28. The van der Waals surface area contributed by atoms with Crippen molar-refractivity contribution >= 4 is 5.69 Å². The van der Waals surface area contributed by atoms with Crippen molar-refractivity contribution < 1.29 is 5.11 Å². The van der Waals surface area contributed by atoms with Gasteiger partial charge in [0.15, 0.2) is 0 Å². The lowest BCUT2D eigenvalue weighted by Gasteiger charge is -2.21. The predicted octanol–water partition coefficient (Wildman–Crippen LogP) is 5.26. The van der Waals surface area contributed by atoms with Crippen LogP contribution in [0.4, 0.5) is 5.69 Å². The van der Waals surface area contributed by atoms with E-state index in [4.69, 9.17) is 0 Å². The zero-order valence-corrected chi connectivity index (χ0v) is 17.2. The monoisotopic (exact) mass is 396 g/mol. The number of hydrogen-bond donors (Lipinski definition) is 2. The molecule has 0 saturated carbocycles. The Morgan fingerprint density at radius 3 is 2.43 bits per heavy atom. The highest BCUT2D eigenvalue weighted by molar-refractivity contribution is 5.82. The molecule has 2 N–H and O–H groups in total. The summed E-state index contributed by atoms with van der Waals surface area (Å²) in [6.45, 7) is 6.39. The second-order valence-corrected chi connectivity index (χ2v) is 7.60. The maximum Gasteiger partial charge on any atom is 0.115 e. The maximum atomic E-state index is 9.48. The number of phenols is 1. The zero-order valence-electron chi connectivity index (χ0n) is 17.2. The predicted molar refractivity (Wildman–Crippen MR) is 121 cm³/mol. The van der Waals surface area contributed by atoms with Crippen LogP contribution in [0.25, 0.3) is 33.8 Å². The molecule has 150 valence electrons. The lowest BCUT2D eigenvalue weighted by atomic mass is 10.1. The summed E-state index contributed by atoms with van der Waals surface area (Å²) in [6, 6.07) is 17.9. The SMILES string of the molecule is CCN(CC)c1ccc2c(c1)Cc1c(-c3ccc(-c4ccc(O)cc4)nc3)n[nH]c1-2. The number of fused-ring (bicyclic) bond motifs is 3. The second kappa shape index (κ2) is 7.34. The van der Waals surface area contributed by atoms with Crippen molar-refractivity contribution in [2.24, 2.45) is 0 Å². The van der Waals surface area contributed by atoms with Crippen LogP contribution in [0.1, 0.15) is 25.0 Å². The van der Waals surface area contributed by atoms with Crippen molar-refractivity contribution in [3.63, 3.8) is 0 Å². The number of hydrogen-bond acceptors (Lipinski definition) is 4. The summed E-state index contributed by atoms with van der Waals surface area (Å²) in [6.07, 6.45) is 2.76. The molecule has 5 nitrogen and oxygen atoms in total. The van der Waals surface area contributed by atoms with Gasteiger partial charge in [0, 0.05) is 53.6 Å². The van der Waals surface area contributed by atoms with E-state index in [9.17, 15) is 5.11 Å². The molecule has 0 spiro atoms. The number of H-pyrrole nitrogens is 1. The normalized spacial score (nSPS) is 11.9. The molecule has 4 aromatic rings. The molecule has 2 aromatic heterocycles. The molecule has 0 saturated heterocycles. The van der Waals surface area contributed by atoms with Crippen LogP contribution in [0.15, 0.2) is 60.8 Å². The van der Waals surface area contributed by atoms with Gasteiger partial charge < -0.3 is 10.0 Å². The summed E-state index contributed by atoms with van der Waals surface area (Å²) in [4.78, 5) is 7.00. The summed E-state index contributed by atoms with van der Waals surface area (Å²) in [5.41, 5.74) is 10.0. The molecule has 1 aliphatic rings. The average molecular weight is 396 g/mol. The first-order valence-corrected chi connectivity index (χ1v) is 10.4. The van der Waals surface area contributed by atoms with E-state index in [-0.39, 0.29) is 5.75 Å². The van der Waals surface area contributed by atoms with Crippen molar-refractivity contribution in [2.45, 2.75) is 20.3 Å². The summed E-state index contributed by atoms with van der Waals surface area (Å²) < 4.78 is 0. The molecule has 30 heavy (non-hydrogen) atoms. The Kier molecular flexibility index (Phi) is 4.51. The molecule has 2 heterocycles. The highest BCUT2D eigenvalue weighted by Gasteiger charge is 2.25. The summed E-state index contributed by atoms with van der Waals surface area (Å²) >= 11 is 0. The summed E-state index contributed by atoms with van der Waals surface area (Å²) in [5, 5.41) is 17.3. The van der Waals surface area contributed by atoms with Crippen LogP contribution < -0.4 is 4.90 Å². The van der Waals surface area contributed by atoms with Crippen molar-refractivity contribution in [3.8, 4) is 39.5 Å². The Labute approximate surface area is 176 Å². The van der Waals surface area contributed by atoms with Gasteiger partial charge in [-0.1, -0.05) is 6.07 Å². The van der Waals surface area contributed by atoms with E-state index in [2.05, 4.69) is 58.2 Å². The minimum absolute atomic E-state index is 0.256. The minimum Gasteiger partial charge on any atom is -0.508 e. The Morgan fingerprint density at radius 1 is 0.967 bits per heavy atom. The number of pyridine rings is 1. The van der Waals surface area contributed by atoms with Gasteiger partial charge in [-0.25, -0.2) is 0 Å². The fraction of sp³-hybridized carbons (Fsp3) is 0.200. The smallest absolute Gasteiger partial charge is 0.115 e. The minimum atomic E-state index is 0.256. The number of aromatic hydroxyl groups is 1. The number of rotatable bonds is 5. The molecule has 2 aromatic carbocycles. The molecule has 0 amide bonds. The van der Waals surface area contributed by atoms with Crippen LogP contribution in [-0.4, -0.2) is 33.4 Å². The first-order chi connectivity index (χ1) is 14.7. The van der Waals surface area contributed by atoms with Crippen LogP contribution in [0.2, 0.25) is 0 Å². The largest absolute Gasteiger partial charge is 0.508 e. The molecule has 0 unspecified atom stereocenters. The number of aromatic amines is 1. The molecular weight excluding hydrogens is 372 g/mol. The van der Waals surface area contributed by atoms with Gasteiger partial charge in [0.1, 0.15) is 5.75 Å². The van der Waals surface area contributed by atoms with Crippen LogP contribution in [0.5, 0.6) is 5.75 Å². The number of phenolic OH excluding ortho intramolecular Hbond substituents is 1. The van der Waals surface area contributed by atoms with Gasteiger partial charge in [-0.3, -0.25) is 10.1 Å². The topological polar surface area (TPSA) is 65.0 Å². The van der Waals surface area contributed by atoms with Crippen molar-refractivity contribution in [2.75, 3.05) is 18.0 Å². The zero-order chi connectivity index (χ0) is 20.7. The van der Waals surface area contributed by atoms with Gasteiger partial charge in [-0.2, -0.15) is 5.10 Å². The number of anilines is 1. The quantitative estimate of drug-likeness (QED) is 0.425. The van der Waals surface area contributed by atoms with E-state index in [0.29, 0.717) is 0 Å². The summed E-state index contributed by atoms with van der Waals surface area (Å²) in [5.74, 6) is 0.256. The van der Waals surface area contributed by atoms with E-state index in [0.717, 1.165) is 47.7 Å². The molecular formula is C25H24N4O. The Bertz CT molecular complexity index is 1190.